The van der Waals surface area contributed by atoms with Gasteiger partial charge in [-0.25, -0.2) is 0 Å². The number of hydrogen-bond acceptors (Lipinski definition) is 4. The van der Waals surface area contributed by atoms with Gasteiger partial charge in [-0.3, -0.25) is 14.5 Å². The van der Waals surface area contributed by atoms with Crippen LogP contribution in [0.3, 0.4) is 0 Å². The first kappa shape index (κ1) is 20.6. The molecule has 3 rings (SSSR count). The summed E-state index contributed by atoms with van der Waals surface area (Å²) in [5.74, 6) is 0.679. The number of hydrogen-bond donors (Lipinski definition) is 1. The normalized spacial score (nSPS) is 14.3. The van der Waals surface area contributed by atoms with Crippen LogP contribution >= 0.6 is 0 Å². The number of rotatable bonds is 7. The molecule has 6 heteroatoms. The van der Waals surface area contributed by atoms with Gasteiger partial charge >= 0.3 is 0 Å². The van der Waals surface area contributed by atoms with Gasteiger partial charge in [0.1, 0.15) is 12.4 Å². The number of carbonyl (C=O) groups excluding carboxylic acids is 2. The molecule has 1 heterocycles. The monoisotopic (exact) mass is 393 g/mol. The lowest BCUT2D eigenvalue weighted by Gasteiger charge is -2.34. The standard InChI is InChI=1S/C23H27N3O3/c1-3-16-29-21-10-6-19(7-11-21)23(28)26-14-12-25(13-15-26)17-22(27)24-20-8-4-18(2)5-9-20/h3-11H,1,12-17H2,2H3,(H,24,27). The molecular formula is C23H27N3O3. The number of carbonyl (C=O) groups is 2. The third kappa shape index (κ3) is 5.93. The fourth-order valence-electron chi connectivity index (χ4n) is 3.18. The Bertz CT molecular complexity index is 839. The molecule has 0 atom stereocenters. The van der Waals surface area contributed by atoms with Gasteiger partial charge in [0.25, 0.3) is 5.91 Å². The number of ether oxygens (including phenoxy) is 1. The molecule has 152 valence electrons. The van der Waals surface area contributed by atoms with Crippen LogP contribution in [-0.4, -0.2) is 60.9 Å². The maximum Gasteiger partial charge on any atom is 0.253 e. The minimum atomic E-state index is -0.0382. The molecule has 0 radical (unpaired) electrons. The highest BCUT2D eigenvalue weighted by Gasteiger charge is 2.23. The van der Waals surface area contributed by atoms with Gasteiger partial charge in [-0.05, 0) is 43.3 Å². The van der Waals surface area contributed by atoms with Gasteiger partial charge < -0.3 is 15.0 Å². The van der Waals surface area contributed by atoms with Crippen LogP contribution in [0.1, 0.15) is 15.9 Å². The first-order chi connectivity index (χ1) is 14.0. The van der Waals surface area contributed by atoms with E-state index < -0.39 is 0 Å². The first-order valence-electron chi connectivity index (χ1n) is 9.77. The average Bonchev–Trinajstić information content (AvgIpc) is 2.74. The van der Waals surface area contributed by atoms with Crippen LogP contribution in [0.5, 0.6) is 5.75 Å². The third-order valence-electron chi connectivity index (χ3n) is 4.83. The van der Waals surface area contributed by atoms with E-state index in [2.05, 4.69) is 16.8 Å². The second kappa shape index (κ2) is 9.89. The van der Waals surface area contributed by atoms with E-state index in [0.29, 0.717) is 50.6 Å². The molecule has 2 amide bonds. The lowest BCUT2D eigenvalue weighted by Crippen LogP contribution is -2.50. The molecule has 0 unspecified atom stereocenters. The van der Waals surface area contributed by atoms with Crippen LogP contribution < -0.4 is 10.1 Å². The Labute approximate surface area is 171 Å². The smallest absolute Gasteiger partial charge is 0.253 e. The van der Waals surface area contributed by atoms with Crippen LogP contribution in [0.4, 0.5) is 5.69 Å². The summed E-state index contributed by atoms with van der Waals surface area (Å²) >= 11 is 0. The van der Waals surface area contributed by atoms with Crippen molar-refractivity contribution in [1.82, 2.24) is 9.80 Å². The van der Waals surface area contributed by atoms with Crippen molar-refractivity contribution in [3.63, 3.8) is 0 Å². The van der Waals surface area contributed by atoms with Gasteiger partial charge in [0.15, 0.2) is 0 Å². The Morgan fingerprint density at radius 1 is 1.03 bits per heavy atom. The zero-order valence-electron chi connectivity index (χ0n) is 16.8. The molecule has 0 aliphatic carbocycles. The Hall–Kier alpha value is -3.12. The van der Waals surface area contributed by atoms with Crippen molar-refractivity contribution in [2.75, 3.05) is 44.6 Å². The number of anilines is 1. The zero-order chi connectivity index (χ0) is 20.6. The highest BCUT2D eigenvalue weighted by atomic mass is 16.5. The van der Waals surface area contributed by atoms with Crippen molar-refractivity contribution in [3.05, 3.63) is 72.3 Å². The average molecular weight is 393 g/mol. The fourth-order valence-corrected chi connectivity index (χ4v) is 3.18. The lowest BCUT2D eigenvalue weighted by atomic mass is 10.1. The highest BCUT2D eigenvalue weighted by Crippen LogP contribution is 2.15. The molecule has 0 spiro atoms. The fraction of sp³-hybridized carbons (Fsp3) is 0.304. The molecule has 1 saturated heterocycles. The van der Waals surface area contributed by atoms with Gasteiger partial charge in [-0.1, -0.05) is 30.4 Å². The summed E-state index contributed by atoms with van der Waals surface area (Å²) in [4.78, 5) is 28.8. The summed E-state index contributed by atoms with van der Waals surface area (Å²) < 4.78 is 5.45. The second-order valence-corrected chi connectivity index (χ2v) is 7.11. The first-order valence-corrected chi connectivity index (χ1v) is 9.77. The van der Waals surface area contributed by atoms with Crippen LogP contribution in [0.15, 0.2) is 61.2 Å². The van der Waals surface area contributed by atoms with Gasteiger partial charge in [-0.2, -0.15) is 0 Å². The Morgan fingerprint density at radius 2 is 1.69 bits per heavy atom. The van der Waals surface area contributed by atoms with Crippen molar-refractivity contribution >= 4 is 17.5 Å². The molecule has 1 fully saturated rings. The van der Waals surface area contributed by atoms with Gasteiger partial charge in [0, 0.05) is 37.4 Å². The minimum absolute atomic E-state index is 0.00373. The largest absolute Gasteiger partial charge is 0.490 e. The Balaban J connectivity index is 1.45. The predicted molar refractivity (Wildman–Crippen MR) is 114 cm³/mol. The van der Waals surface area contributed by atoms with Crippen LogP contribution in [0.2, 0.25) is 0 Å². The van der Waals surface area contributed by atoms with E-state index in [1.165, 1.54) is 0 Å². The van der Waals surface area contributed by atoms with Gasteiger partial charge in [0.05, 0.1) is 6.54 Å². The van der Waals surface area contributed by atoms with E-state index in [0.717, 1.165) is 11.3 Å². The van der Waals surface area contributed by atoms with Crippen molar-refractivity contribution in [2.24, 2.45) is 0 Å². The quantitative estimate of drug-likeness (QED) is 0.735. The third-order valence-corrected chi connectivity index (χ3v) is 4.83. The number of piperazine rings is 1. The number of aryl methyl sites for hydroxylation is 1. The second-order valence-electron chi connectivity index (χ2n) is 7.11. The molecule has 6 nitrogen and oxygen atoms in total. The minimum Gasteiger partial charge on any atom is -0.490 e. The predicted octanol–water partition coefficient (Wildman–Crippen LogP) is 2.96. The summed E-state index contributed by atoms with van der Waals surface area (Å²) in [6, 6.07) is 14.9. The van der Waals surface area contributed by atoms with E-state index in [1.54, 1.807) is 30.3 Å². The maximum absolute atomic E-state index is 12.7. The molecule has 0 saturated carbocycles. The number of amides is 2. The summed E-state index contributed by atoms with van der Waals surface area (Å²) in [7, 11) is 0. The van der Waals surface area contributed by atoms with Crippen molar-refractivity contribution < 1.29 is 14.3 Å². The molecule has 29 heavy (non-hydrogen) atoms. The number of nitrogens with zero attached hydrogens (tertiary/aromatic N) is 2. The lowest BCUT2D eigenvalue weighted by molar-refractivity contribution is -0.117. The summed E-state index contributed by atoms with van der Waals surface area (Å²) in [6.07, 6.45) is 1.68. The van der Waals surface area contributed by atoms with Crippen LogP contribution in [0, 0.1) is 6.92 Å². The van der Waals surface area contributed by atoms with Crippen LogP contribution in [0.25, 0.3) is 0 Å². The summed E-state index contributed by atoms with van der Waals surface area (Å²) in [5.41, 5.74) is 2.60. The SMILES string of the molecule is C=CCOc1ccc(C(=O)N2CCN(CC(=O)Nc3ccc(C)cc3)CC2)cc1. The zero-order valence-corrected chi connectivity index (χ0v) is 16.8. The van der Waals surface area contributed by atoms with Crippen molar-refractivity contribution in [1.29, 1.82) is 0 Å². The topological polar surface area (TPSA) is 61.9 Å². The number of benzene rings is 2. The Morgan fingerprint density at radius 3 is 2.31 bits per heavy atom. The molecule has 1 aliphatic rings. The van der Waals surface area contributed by atoms with Gasteiger partial charge in [-0.15, -0.1) is 0 Å². The van der Waals surface area contributed by atoms with Crippen LogP contribution in [-0.2, 0) is 4.79 Å². The molecule has 0 aromatic heterocycles. The molecule has 0 bridgehead atoms. The van der Waals surface area contributed by atoms with E-state index in [-0.39, 0.29) is 11.8 Å². The highest BCUT2D eigenvalue weighted by molar-refractivity contribution is 5.94. The van der Waals surface area contributed by atoms with Crippen molar-refractivity contribution in [3.8, 4) is 5.75 Å². The van der Waals surface area contributed by atoms with E-state index in [9.17, 15) is 9.59 Å². The molecular weight excluding hydrogens is 366 g/mol. The molecule has 1 aliphatic heterocycles. The maximum atomic E-state index is 12.7. The summed E-state index contributed by atoms with van der Waals surface area (Å²) in [5, 5.41) is 2.92. The Kier molecular flexibility index (Phi) is 7.03. The summed E-state index contributed by atoms with van der Waals surface area (Å²) in [6.45, 7) is 8.94. The molecule has 1 N–H and O–H groups in total. The van der Waals surface area contributed by atoms with E-state index in [1.807, 2.05) is 36.1 Å². The van der Waals surface area contributed by atoms with E-state index >= 15 is 0 Å². The number of nitrogens with one attached hydrogen (secondary N) is 1. The van der Waals surface area contributed by atoms with Gasteiger partial charge in [0.2, 0.25) is 5.91 Å². The van der Waals surface area contributed by atoms with E-state index in [4.69, 9.17) is 4.74 Å². The molecule has 2 aromatic rings. The molecule has 2 aromatic carbocycles. The van der Waals surface area contributed by atoms with Crippen molar-refractivity contribution in [2.45, 2.75) is 6.92 Å².